The molecule has 0 radical (unpaired) electrons. The fourth-order valence-electron chi connectivity index (χ4n) is 2.81. The molecule has 0 heterocycles. The van der Waals surface area contributed by atoms with E-state index in [2.05, 4.69) is 5.32 Å². The predicted molar refractivity (Wildman–Crippen MR) is 78.6 cm³/mol. The number of nitrogens with one attached hydrogen (secondary N) is 1. The first kappa shape index (κ1) is 16.8. The molecule has 116 valence electrons. The monoisotopic (exact) mass is 284 g/mol. The number of carbonyl (C=O) groups is 2. The molecule has 5 heteroatoms. The van der Waals surface area contributed by atoms with Gasteiger partial charge in [0.2, 0.25) is 0 Å². The lowest BCUT2D eigenvalue weighted by Crippen LogP contribution is -2.42. The summed E-state index contributed by atoms with van der Waals surface area (Å²) < 4.78 is 0. The van der Waals surface area contributed by atoms with Crippen LogP contribution in [0.4, 0.5) is 4.79 Å². The average molecular weight is 284 g/mol. The van der Waals surface area contributed by atoms with Gasteiger partial charge in [0.05, 0.1) is 0 Å². The second-order valence-electron chi connectivity index (χ2n) is 5.94. The van der Waals surface area contributed by atoms with Crippen LogP contribution in [0.15, 0.2) is 0 Å². The molecule has 2 amide bonds. The van der Waals surface area contributed by atoms with Crippen LogP contribution in [0.25, 0.3) is 0 Å². The zero-order valence-corrected chi connectivity index (χ0v) is 12.7. The highest BCUT2D eigenvalue weighted by Crippen LogP contribution is 2.24. The van der Waals surface area contributed by atoms with Crippen molar-refractivity contribution in [1.82, 2.24) is 10.2 Å². The summed E-state index contributed by atoms with van der Waals surface area (Å²) in [4.78, 5) is 24.4. The van der Waals surface area contributed by atoms with Crippen LogP contribution in [0.1, 0.15) is 51.9 Å². The second kappa shape index (κ2) is 8.82. The molecule has 1 aliphatic carbocycles. The minimum Gasteiger partial charge on any atom is -0.481 e. The Kier molecular flexibility index (Phi) is 7.41. The highest BCUT2D eigenvalue weighted by atomic mass is 16.4. The van der Waals surface area contributed by atoms with Crippen LogP contribution in [0, 0.1) is 11.8 Å². The summed E-state index contributed by atoms with van der Waals surface area (Å²) in [6.07, 6.45) is 7.18. The van der Waals surface area contributed by atoms with Gasteiger partial charge in [0, 0.05) is 26.6 Å². The predicted octanol–water partition coefficient (Wildman–Crippen LogP) is 2.71. The van der Waals surface area contributed by atoms with Crippen LogP contribution in [0.2, 0.25) is 0 Å². The third kappa shape index (κ3) is 6.26. The molecule has 1 atom stereocenters. The highest BCUT2D eigenvalue weighted by Gasteiger charge is 2.19. The van der Waals surface area contributed by atoms with Gasteiger partial charge in [-0.25, -0.2) is 4.79 Å². The lowest BCUT2D eigenvalue weighted by Gasteiger charge is -2.27. The van der Waals surface area contributed by atoms with E-state index in [0.717, 1.165) is 13.0 Å². The molecular formula is C15H28N2O3. The Bertz CT molecular complexity index is 314. The summed E-state index contributed by atoms with van der Waals surface area (Å²) >= 11 is 0. The fourth-order valence-corrected chi connectivity index (χ4v) is 2.81. The number of hydrogen-bond donors (Lipinski definition) is 2. The van der Waals surface area contributed by atoms with Crippen LogP contribution in [0.5, 0.6) is 0 Å². The Morgan fingerprint density at radius 3 is 2.50 bits per heavy atom. The van der Waals surface area contributed by atoms with E-state index < -0.39 is 5.97 Å². The highest BCUT2D eigenvalue weighted by molar-refractivity contribution is 5.74. The molecule has 1 unspecified atom stereocenters. The van der Waals surface area contributed by atoms with Crippen LogP contribution < -0.4 is 5.32 Å². The van der Waals surface area contributed by atoms with Crippen LogP contribution >= 0.6 is 0 Å². The zero-order valence-electron chi connectivity index (χ0n) is 12.7. The number of carbonyl (C=O) groups excluding carboxylic acids is 1. The summed E-state index contributed by atoms with van der Waals surface area (Å²) in [7, 11) is 1.82. The molecular weight excluding hydrogens is 256 g/mol. The number of aliphatic carboxylic acids is 1. The first-order chi connectivity index (χ1) is 9.52. The maximum Gasteiger partial charge on any atom is 0.317 e. The molecule has 5 nitrogen and oxygen atoms in total. The van der Waals surface area contributed by atoms with E-state index in [-0.39, 0.29) is 18.4 Å². The van der Waals surface area contributed by atoms with E-state index in [9.17, 15) is 9.59 Å². The van der Waals surface area contributed by atoms with Gasteiger partial charge in [0.15, 0.2) is 0 Å². The number of rotatable bonds is 7. The molecule has 2 N–H and O–H groups in total. The standard InChI is InChI=1S/C15H28N2O3/c1-3-12(9-14(18)19)10-16-15(20)17(2)11-13-7-5-4-6-8-13/h12-13H,3-11H2,1-2H3,(H,16,20)(H,18,19). The number of carboxylic acid groups (broad SMARTS) is 1. The molecule has 1 rings (SSSR count). The van der Waals surface area contributed by atoms with Gasteiger partial charge in [-0.1, -0.05) is 32.6 Å². The van der Waals surface area contributed by atoms with Crippen molar-refractivity contribution in [2.24, 2.45) is 11.8 Å². The van der Waals surface area contributed by atoms with Gasteiger partial charge in [-0.3, -0.25) is 4.79 Å². The largest absolute Gasteiger partial charge is 0.481 e. The van der Waals surface area contributed by atoms with Crippen LogP contribution in [0.3, 0.4) is 0 Å². The second-order valence-corrected chi connectivity index (χ2v) is 5.94. The van der Waals surface area contributed by atoms with Crippen molar-refractivity contribution in [3.8, 4) is 0 Å². The molecule has 0 aromatic rings. The molecule has 0 saturated heterocycles. The first-order valence-electron chi connectivity index (χ1n) is 7.73. The molecule has 0 aromatic carbocycles. The molecule has 0 aromatic heterocycles. The Labute approximate surface area is 121 Å². The van der Waals surface area contributed by atoms with Crippen LogP contribution in [-0.2, 0) is 4.79 Å². The quantitative estimate of drug-likeness (QED) is 0.755. The van der Waals surface area contributed by atoms with Gasteiger partial charge in [-0.15, -0.1) is 0 Å². The number of carboxylic acids is 1. The van der Waals surface area contributed by atoms with Crippen LogP contribution in [-0.4, -0.2) is 42.1 Å². The normalized spacial score (nSPS) is 17.5. The van der Waals surface area contributed by atoms with Crippen molar-refractivity contribution < 1.29 is 14.7 Å². The minimum absolute atomic E-state index is 0.0135. The number of urea groups is 1. The fraction of sp³-hybridized carbons (Fsp3) is 0.867. The third-order valence-electron chi connectivity index (χ3n) is 4.19. The Morgan fingerprint density at radius 2 is 1.95 bits per heavy atom. The maximum atomic E-state index is 12.0. The van der Waals surface area contributed by atoms with Gasteiger partial charge in [-0.05, 0) is 24.7 Å². The SMILES string of the molecule is CCC(CNC(=O)N(C)CC1CCCCC1)CC(=O)O. The lowest BCUT2D eigenvalue weighted by molar-refractivity contribution is -0.138. The topological polar surface area (TPSA) is 69.6 Å². The summed E-state index contributed by atoms with van der Waals surface area (Å²) in [5.41, 5.74) is 0. The number of hydrogen-bond acceptors (Lipinski definition) is 2. The van der Waals surface area contributed by atoms with Gasteiger partial charge in [0.25, 0.3) is 0 Å². The minimum atomic E-state index is -0.804. The number of nitrogens with zero attached hydrogens (tertiary/aromatic N) is 1. The Morgan fingerprint density at radius 1 is 1.30 bits per heavy atom. The summed E-state index contributed by atoms with van der Waals surface area (Å²) in [5.74, 6) is -0.165. The van der Waals surface area contributed by atoms with E-state index in [1.807, 2.05) is 14.0 Å². The van der Waals surface area contributed by atoms with Gasteiger partial charge in [-0.2, -0.15) is 0 Å². The lowest BCUT2D eigenvalue weighted by atomic mass is 9.89. The zero-order chi connectivity index (χ0) is 15.0. The van der Waals surface area contributed by atoms with Gasteiger partial charge in [0.1, 0.15) is 0 Å². The van der Waals surface area contributed by atoms with Crippen molar-refractivity contribution in [2.45, 2.75) is 51.9 Å². The van der Waals surface area contributed by atoms with Gasteiger partial charge >= 0.3 is 12.0 Å². The average Bonchev–Trinajstić information content (AvgIpc) is 2.43. The van der Waals surface area contributed by atoms with E-state index in [1.54, 1.807) is 4.90 Å². The van der Waals surface area contributed by atoms with Crippen molar-refractivity contribution >= 4 is 12.0 Å². The van der Waals surface area contributed by atoms with Crippen molar-refractivity contribution in [3.05, 3.63) is 0 Å². The van der Waals surface area contributed by atoms with E-state index >= 15 is 0 Å². The molecule has 0 bridgehead atoms. The smallest absolute Gasteiger partial charge is 0.317 e. The number of amides is 2. The molecule has 1 aliphatic rings. The molecule has 1 saturated carbocycles. The third-order valence-corrected chi connectivity index (χ3v) is 4.19. The van der Waals surface area contributed by atoms with E-state index in [1.165, 1.54) is 32.1 Å². The Hall–Kier alpha value is -1.26. The molecule has 0 aliphatic heterocycles. The Balaban J connectivity index is 2.27. The molecule has 1 fully saturated rings. The van der Waals surface area contributed by atoms with Crippen molar-refractivity contribution in [1.29, 1.82) is 0 Å². The van der Waals surface area contributed by atoms with Crippen molar-refractivity contribution in [3.63, 3.8) is 0 Å². The van der Waals surface area contributed by atoms with Crippen molar-refractivity contribution in [2.75, 3.05) is 20.1 Å². The molecule has 0 spiro atoms. The summed E-state index contributed by atoms with van der Waals surface area (Å²) in [6, 6.07) is -0.0839. The van der Waals surface area contributed by atoms with E-state index in [4.69, 9.17) is 5.11 Å². The van der Waals surface area contributed by atoms with E-state index in [0.29, 0.717) is 12.5 Å². The first-order valence-corrected chi connectivity index (χ1v) is 7.73. The summed E-state index contributed by atoms with van der Waals surface area (Å²) in [5, 5.41) is 11.6. The van der Waals surface area contributed by atoms with Gasteiger partial charge < -0.3 is 15.3 Å². The molecule has 20 heavy (non-hydrogen) atoms. The summed E-state index contributed by atoms with van der Waals surface area (Å²) in [6.45, 7) is 3.20. The maximum absolute atomic E-state index is 12.0.